The minimum absolute atomic E-state index is 0.113. The molecule has 0 saturated heterocycles. The van der Waals surface area contributed by atoms with Gasteiger partial charge in [0.05, 0.1) is 6.10 Å². The fraction of sp³-hybridized carbons (Fsp3) is 0.533. The summed E-state index contributed by atoms with van der Waals surface area (Å²) in [6.07, 6.45) is 4.63. The van der Waals surface area contributed by atoms with Crippen LogP contribution in [-0.4, -0.2) is 28.9 Å². The fourth-order valence-electron chi connectivity index (χ4n) is 2.42. The summed E-state index contributed by atoms with van der Waals surface area (Å²) in [6.45, 7) is 0.852. The van der Waals surface area contributed by atoms with E-state index in [0.29, 0.717) is 6.04 Å². The molecule has 0 aromatic heterocycles. The molecule has 1 aliphatic carbocycles. The molecule has 4 heteroatoms. The highest BCUT2D eigenvalue weighted by Crippen LogP contribution is 2.18. The summed E-state index contributed by atoms with van der Waals surface area (Å²) in [5.74, 6) is 0. The van der Waals surface area contributed by atoms with Gasteiger partial charge in [-0.1, -0.05) is 30.3 Å². The van der Waals surface area contributed by atoms with Gasteiger partial charge in [-0.15, -0.1) is 0 Å². The molecule has 0 aliphatic heterocycles. The molecule has 2 rings (SSSR count). The number of rotatable bonds is 4. The van der Waals surface area contributed by atoms with Crippen LogP contribution in [0.2, 0.25) is 0 Å². The number of aliphatic hydroxyl groups excluding tert-OH is 1. The Balaban J connectivity index is 1.62. The Hall–Kier alpha value is -1.13. The second-order valence-electron chi connectivity index (χ2n) is 5.14. The van der Waals surface area contributed by atoms with Crippen LogP contribution in [0, 0.1) is 0 Å². The quantitative estimate of drug-likeness (QED) is 0.737. The molecule has 0 unspecified atom stereocenters. The molecule has 104 valence electrons. The zero-order valence-electron chi connectivity index (χ0n) is 11.1. The molecule has 0 bridgehead atoms. The molecule has 1 aliphatic rings. The third kappa shape index (κ3) is 5.17. The molecule has 0 atom stereocenters. The van der Waals surface area contributed by atoms with Gasteiger partial charge in [-0.2, -0.15) is 0 Å². The Labute approximate surface area is 120 Å². The summed E-state index contributed by atoms with van der Waals surface area (Å²) >= 11 is 5.29. The van der Waals surface area contributed by atoms with Crippen molar-refractivity contribution in [2.75, 3.05) is 6.54 Å². The lowest BCUT2D eigenvalue weighted by Crippen LogP contribution is -2.44. The van der Waals surface area contributed by atoms with Crippen molar-refractivity contribution in [1.82, 2.24) is 10.6 Å². The largest absolute Gasteiger partial charge is 0.393 e. The molecule has 1 saturated carbocycles. The molecule has 3 nitrogen and oxygen atoms in total. The Morgan fingerprint density at radius 3 is 2.53 bits per heavy atom. The molecule has 19 heavy (non-hydrogen) atoms. The van der Waals surface area contributed by atoms with Gasteiger partial charge in [-0.25, -0.2) is 0 Å². The van der Waals surface area contributed by atoms with Crippen LogP contribution in [0.4, 0.5) is 0 Å². The van der Waals surface area contributed by atoms with E-state index < -0.39 is 0 Å². The Kier molecular flexibility index (Phi) is 5.61. The average Bonchev–Trinajstić information content (AvgIpc) is 2.43. The summed E-state index contributed by atoms with van der Waals surface area (Å²) < 4.78 is 0. The zero-order valence-corrected chi connectivity index (χ0v) is 12.0. The summed E-state index contributed by atoms with van der Waals surface area (Å²) in [5.41, 5.74) is 1.32. The molecule has 0 spiro atoms. The third-order valence-corrected chi connectivity index (χ3v) is 3.84. The SMILES string of the molecule is OC1CCC(NC(=S)NCCc2ccccc2)CC1. The summed E-state index contributed by atoms with van der Waals surface area (Å²) in [4.78, 5) is 0. The van der Waals surface area contributed by atoms with Gasteiger partial charge in [0.25, 0.3) is 0 Å². The van der Waals surface area contributed by atoms with Crippen molar-refractivity contribution in [3.8, 4) is 0 Å². The maximum absolute atomic E-state index is 9.45. The molecule has 0 radical (unpaired) electrons. The number of nitrogens with one attached hydrogen (secondary N) is 2. The summed E-state index contributed by atoms with van der Waals surface area (Å²) in [6, 6.07) is 10.8. The van der Waals surface area contributed by atoms with E-state index in [2.05, 4.69) is 34.9 Å². The maximum Gasteiger partial charge on any atom is 0.166 e. The van der Waals surface area contributed by atoms with E-state index in [1.807, 2.05) is 6.07 Å². The Morgan fingerprint density at radius 2 is 1.84 bits per heavy atom. The number of benzene rings is 1. The number of aliphatic hydroxyl groups is 1. The van der Waals surface area contributed by atoms with Crippen molar-refractivity contribution in [2.24, 2.45) is 0 Å². The minimum Gasteiger partial charge on any atom is -0.393 e. The van der Waals surface area contributed by atoms with Gasteiger partial charge >= 0.3 is 0 Å². The van der Waals surface area contributed by atoms with Crippen molar-refractivity contribution in [3.63, 3.8) is 0 Å². The van der Waals surface area contributed by atoms with Gasteiger partial charge in [-0.05, 0) is 49.9 Å². The lowest BCUT2D eigenvalue weighted by Gasteiger charge is -2.27. The lowest BCUT2D eigenvalue weighted by molar-refractivity contribution is 0.120. The van der Waals surface area contributed by atoms with E-state index in [0.717, 1.165) is 43.8 Å². The highest BCUT2D eigenvalue weighted by Gasteiger charge is 2.19. The minimum atomic E-state index is -0.113. The number of hydrogen-bond acceptors (Lipinski definition) is 2. The lowest BCUT2D eigenvalue weighted by atomic mass is 9.93. The standard InChI is InChI=1S/C15H22N2OS/c18-14-8-6-13(7-9-14)17-15(19)16-11-10-12-4-2-1-3-5-12/h1-5,13-14,18H,6-11H2,(H2,16,17,19). The van der Waals surface area contributed by atoms with E-state index >= 15 is 0 Å². The van der Waals surface area contributed by atoms with E-state index in [9.17, 15) is 5.11 Å². The Morgan fingerprint density at radius 1 is 1.16 bits per heavy atom. The van der Waals surface area contributed by atoms with Crippen molar-refractivity contribution in [3.05, 3.63) is 35.9 Å². The van der Waals surface area contributed by atoms with Crippen molar-refractivity contribution in [1.29, 1.82) is 0 Å². The van der Waals surface area contributed by atoms with Crippen molar-refractivity contribution >= 4 is 17.3 Å². The molecule has 0 heterocycles. The zero-order chi connectivity index (χ0) is 13.5. The monoisotopic (exact) mass is 278 g/mol. The second-order valence-corrected chi connectivity index (χ2v) is 5.55. The van der Waals surface area contributed by atoms with Crippen LogP contribution in [0.25, 0.3) is 0 Å². The van der Waals surface area contributed by atoms with Crippen LogP contribution in [0.5, 0.6) is 0 Å². The van der Waals surface area contributed by atoms with Gasteiger partial charge in [0.2, 0.25) is 0 Å². The highest BCUT2D eigenvalue weighted by molar-refractivity contribution is 7.80. The van der Waals surface area contributed by atoms with Crippen molar-refractivity contribution in [2.45, 2.75) is 44.2 Å². The summed E-state index contributed by atoms with van der Waals surface area (Å²) in [7, 11) is 0. The molecule has 1 aromatic rings. The first-order valence-electron chi connectivity index (χ1n) is 7.00. The van der Waals surface area contributed by atoms with E-state index in [4.69, 9.17) is 12.2 Å². The topological polar surface area (TPSA) is 44.3 Å². The van der Waals surface area contributed by atoms with Gasteiger partial charge in [0, 0.05) is 12.6 Å². The maximum atomic E-state index is 9.45. The Bertz CT molecular complexity index is 388. The first kappa shape index (κ1) is 14.3. The van der Waals surface area contributed by atoms with Crippen LogP contribution in [0.3, 0.4) is 0 Å². The molecular weight excluding hydrogens is 256 g/mol. The second kappa shape index (κ2) is 7.46. The molecular formula is C15H22N2OS. The normalized spacial score (nSPS) is 22.8. The van der Waals surface area contributed by atoms with Crippen LogP contribution < -0.4 is 10.6 Å². The van der Waals surface area contributed by atoms with E-state index in [1.54, 1.807) is 0 Å². The molecule has 1 aromatic carbocycles. The highest BCUT2D eigenvalue weighted by atomic mass is 32.1. The van der Waals surface area contributed by atoms with Gasteiger partial charge in [0.1, 0.15) is 0 Å². The van der Waals surface area contributed by atoms with Crippen LogP contribution >= 0.6 is 12.2 Å². The first-order chi connectivity index (χ1) is 9.24. The van der Waals surface area contributed by atoms with Gasteiger partial charge in [-0.3, -0.25) is 0 Å². The molecule has 1 fully saturated rings. The number of hydrogen-bond donors (Lipinski definition) is 3. The fourth-order valence-corrected chi connectivity index (χ4v) is 2.69. The van der Waals surface area contributed by atoms with E-state index in [1.165, 1.54) is 5.56 Å². The predicted octanol–water partition coefficient (Wildman–Crippen LogP) is 2.00. The molecule has 3 N–H and O–H groups in total. The van der Waals surface area contributed by atoms with Crippen LogP contribution in [0.15, 0.2) is 30.3 Å². The first-order valence-corrected chi connectivity index (χ1v) is 7.41. The van der Waals surface area contributed by atoms with E-state index in [-0.39, 0.29) is 6.10 Å². The third-order valence-electron chi connectivity index (χ3n) is 3.57. The molecule has 0 amide bonds. The summed E-state index contributed by atoms with van der Waals surface area (Å²) in [5, 5.41) is 16.8. The van der Waals surface area contributed by atoms with Crippen LogP contribution in [0.1, 0.15) is 31.2 Å². The average molecular weight is 278 g/mol. The van der Waals surface area contributed by atoms with Crippen molar-refractivity contribution < 1.29 is 5.11 Å². The van der Waals surface area contributed by atoms with Crippen LogP contribution in [-0.2, 0) is 6.42 Å². The smallest absolute Gasteiger partial charge is 0.166 e. The predicted molar refractivity (Wildman–Crippen MR) is 82.1 cm³/mol. The van der Waals surface area contributed by atoms with Gasteiger partial charge in [0.15, 0.2) is 5.11 Å². The van der Waals surface area contributed by atoms with Gasteiger partial charge < -0.3 is 15.7 Å². The number of thiocarbonyl (C=S) groups is 1.